The van der Waals surface area contributed by atoms with E-state index in [1.54, 1.807) is 11.4 Å². The molecule has 17 heteroatoms. The Labute approximate surface area is 249 Å². The van der Waals surface area contributed by atoms with Crippen molar-refractivity contribution in [3.05, 3.63) is 93.2 Å². The highest BCUT2D eigenvalue weighted by Gasteiger charge is 2.73. The molecule has 0 saturated heterocycles. The highest BCUT2D eigenvalue weighted by Crippen LogP contribution is 2.55. The molecule has 0 heterocycles. The zero-order chi connectivity index (χ0) is 33.3. The van der Waals surface area contributed by atoms with Gasteiger partial charge < -0.3 is 15.0 Å². The Hall–Kier alpha value is -3.73. The van der Waals surface area contributed by atoms with E-state index in [4.69, 9.17) is 4.74 Å². The highest BCUT2D eigenvalue weighted by atomic mass is 79.9. The smallest absolute Gasteiger partial charge is 0.383 e. The molecule has 0 spiro atoms. The van der Waals surface area contributed by atoms with E-state index in [0.29, 0.717) is 0 Å². The molecule has 0 atom stereocenters. The second kappa shape index (κ2) is 12.7. The van der Waals surface area contributed by atoms with Crippen molar-refractivity contribution < 1.29 is 62.6 Å². The largest absolute Gasteiger partial charge is 0.435 e. The molecule has 44 heavy (non-hydrogen) atoms. The van der Waals surface area contributed by atoms with Gasteiger partial charge in [0, 0.05) is 29.3 Å². The van der Waals surface area contributed by atoms with E-state index in [1.807, 2.05) is 0 Å². The molecule has 3 aromatic rings. The summed E-state index contributed by atoms with van der Waals surface area (Å²) in [5.41, 5.74) is -13.8. The van der Waals surface area contributed by atoms with Crippen molar-refractivity contribution in [3.63, 3.8) is 0 Å². The number of anilines is 2. The Balaban J connectivity index is 2.12. The van der Waals surface area contributed by atoms with E-state index in [1.165, 1.54) is 31.4 Å². The first-order valence-corrected chi connectivity index (χ1v) is 12.7. The van der Waals surface area contributed by atoms with Crippen LogP contribution in [0.15, 0.2) is 65.1 Å². The molecule has 1 N–H and O–H groups in total. The van der Waals surface area contributed by atoms with Crippen LogP contribution in [0.2, 0.25) is 0 Å². The molecule has 0 saturated carbocycles. The minimum absolute atomic E-state index is 0.0957. The first-order valence-electron chi connectivity index (χ1n) is 11.9. The third-order valence-electron chi connectivity index (χ3n) is 6.11. The van der Waals surface area contributed by atoms with Crippen molar-refractivity contribution >= 4 is 39.1 Å². The summed E-state index contributed by atoms with van der Waals surface area (Å²) >= 11 is 2.37. The van der Waals surface area contributed by atoms with Gasteiger partial charge in [-0.3, -0.25) is 9.59 Å². The summed E-state index contributed by atoms with van der Waals surface area (Å²) in [5, 5.41) is 1.61. The number of amides is 2. The fourth-order valence-electron chi connectivity index (χ4n) is 3.98. The quantitative estimate of drug-likeness (QED) is 0.239. The molecule has 2 amide bonds. The molecule has 0 aromatic heterocycles. The Kier molecular flexibility index (Phi) is 10.0. The zero-order valence-electron chi connectivity index (χ0n) is 21.9. The highest BCUT2D eigenvalue weighted by molar-refractivity contribution is 9.10. The Morgan fingerprint density at radius 1 is 0.864 bits per heavy atom. The Bertz CT molecular complexity index is 1510. The standard InChI is InChI=1S/C27H18BrF11N2O3/c1-44-11-10-41(23(43)14-6-3-2-4-7-14)19-9-5-8-16(20(19)29)22(42)40-21-17(25(31,32)33)12-15(13-18(21)28)24(30,26(34,35)36)27(37,38)39/h2-9,12-13H,10-11H2,1H3,(H,40,42). The molecule has 3 rings (SSSR count). The molecule has 5 nitrogen and oxygen atoms in total. The number of halogens is 12. The van der Waals surface area contributed by atoms with Crippen LogP contribution in [0.3, 0.4) is 0 Å². The van der Waals surface area contributed by atoms with Crippen LogP contribution in [0.25, 0.3) is 0 Å². The van der Waals surface area contributed by atoms with Crippen molar-refractivity contribution in [3.8, 4) is 0 Å². The van der Waals surface area contributed by atoms with Gasteiger partial charge in [-0.25, -0.2) is 8.78 Å². The van der Waals surface area contributed by atoms with Gasteiger partial charge in [-0.2, -0.15) is 39.5 Å². The maximum atomic E-state index is 15.7. The summed E-state index contributed by atoms with van der Waals surface area (Å²) in [4.78, 5) is 27.0. The first-order chi connectivity index (χ1) is 20.3. The zero-order valence-corrected chi connectivity index (χ0v) is 23.5. The SMILES string of the molecule is COCCN(C(=O)c1ccccc1)c1cccc(C(=O)Nc2c(Br)cc(C(F)(C(F)(F)F)C(F)(F)F)cc2C(F)(F)F)c1F. The molecule has 238 valence electrons. The van der Waals surface area contributed by atoms with Crippen LogP contribution in [0.5, 0.6) is 0 Å². The molecule has 3 aromatic carbocycles. The predicted octanol–water partition coefficient (Wildman–Crippen LogP) is 8.44. The van der Waals surface area contributed by atoms with Crippen molar-refractivity contribution in [2.45, 2.75) is 24.2 Å². The Morgan fingerprint density at radius 3 is 1.98 bits per heavy atom. The third-order valence-corrected chi connectivity index (χ3v) is 6.74. The van der Waals surface area contributed by atoms with Crippen LogP contribution >= 0.6 is 15.9 Å². The lowest BCUT2D eigenvalue weighted by Gasteiger charge is -2.31. The summed E-state index contributed by atoms with van der Waals surface area (Å²) in [6, 6.07) is 9.39. The van der Waals surface area contributed by atoms with Crippen molar-refractivity contribution in [2.24, 2.45) is 0 Å². The minimum Gasteiger partial charge on any atom is -0.383 e. The van der Waals surface area contributed by atoms with Crippen LogP contribution in [0, 0.1) is 5.82 Å². The van der Waals surface area contributed by atoms with Crippen LogP contribution in [-0.4, -0.2) is 44.4 Å². The number of rotatable bonds is 8. The summed E-state index contributed by atoms with van der Waals surface area (Å²) in [5.74, 6) is -3.80. The molecule has 0 radical (unpaired) electrons. The van der Waals surface area contributed by atoms with Crippen LogP contribution in [0.4, 0.5) is 59.7 Å². The Morgan fingerprint density at radius 2 is 1.45 bits per heavy atom. The average molecular weight is 707 g/mol. The fourth-order valence-corrected chi connectivity index (χ4v) is 4.54. The average Bonchev–Trinajstić information content (AvgIpc) is 2.92. The number of nitrogens with one attached hydrogen (secondary N) is 1. The molecular formula is C27H18BrF11N2O3. The molecule has 0 unspecified atom stereocenters. The lowest BCUT2D eigenvalue weighted by molar-refractivity contribution is -0.348. The van der Waals surface area contributed by atoms with Crippen LogP contribution in [0.1, 0.15) is 31.8 Å². The third kappa shape index (κ3) is 6.82. The van der Waals surface area contributed by atoms with Gasteiger partial charge in [0.15, 0.2) is 5.82 Å². The summed E-state index contributed by atoms with van der Waals surface area (Å²) < 4.78 is 155. The second-order valence-corrected chi connectivity index (χ2v) is 9.80. The number of benzene rings is 3. The second-order valence-electron chi connectivity index (χ2n) is 8.94. The van der Waals surface area contributed by atoms with Crippen molar-refractivity contribution in [2.75, 3.05) is 30.5 Å². The van der Waals surface area contributed by atoms with E-state index >= 15 is 4.39 Å². The number of methoxy groups -OCH3 is 1. The monoisotopic (exact) mass is 706 g/mol. The van der Waals surface area contributed by atoms with E-state index in [0.717, 1.165) is 23.1 Å². The predicted molar refractivity (Wildman–Crippen MR) is 138 cm³/mol. The number of carbonyl (C=O) groups excluding carboxylic acids is 2. The summed E-state index contributed by atoms with van der Waals surface area (Å²) in [6.07, 6.45) is -19.2. The first kappa shape index (κ1) is 34.8. The number of nitrogens with zero attached hydrogens (tertiary/aromatic N) is 1. The molecular weight excluding hydrogens is 689 g/mol. The maximum Gasteiger partial charge on any atom is 0.435 e. The molecule has 0 aliphatic carbocycles. The number of alkyl halides is 10. The normalized spacial score (nSPS) is 12.7. The summed E-state index contributed by atoms with van der Waals surface area (Å²) in [7, 11) is 1.28. The minimum atomic E-state index is -6.73. The fraction of sp³-hybridized carbons (Fsp3) is 0.259. The van der Waals surface area contributed by atoms with Gasteiger partial charge >= 0.3 is 24.2 Å². The van der Waals surface area contributed by atoms with E-state index in [2.05, 4.69) is 15.9 Å². The van der Waals surface area contributed by atoms with Crippen molar-refractivity contribution in [1.29, 1.82) is 0 Å². The number of ether oxygens (including phenoxy) is 1. The molecule has 0 aliphatic rings. The number of carbonyl (C=O) groups is 2. The lowest BCUT2D eigenvalue weighted by Crippen LogP contribution is -2.50. The van der Waals surface area contributed by atoms with Gasteiger partial charge in [0.2, 0.25) is 0 Å². The van der Waals surface area contributed by atoms with Gasteiger partial charge in [-0.05, 0) is 52.3 Å². The van der Waals surface area contributed by atoms with E-state index < -0.39 is 80.4 Å². The van der Waals surface area contributed by atoms with Gasteiger partial charge in [0.05, 0.1) is 29.1 Å². The van der Waals surface area contributed by atoms with Gasteiger partial charge in [0.25, 0.3) is 11.8 Å². The molecule has 0 aliphatic heterocycles. The number of hydrogen-bond donors (Lipinski definition) is 1. The molecule has 0 fully saturated rings. The maximum absolute atomic E-state index is 15.7. The van der Waals surface area contributed by atoms with Crippen LogP contribution < -0.4 is 10.2 Å². The van der Waals surface area contributed by atoms with E-state index in [-0.39, 0.29) is 24.8 Å². The van der Waals surface area contributed by atoms with Crippen molar-refractivity contribution in [1.82, 2.24) is 0 Å². The van der Waals surface area contributed by atoms with Gasteiger partial charge in [0.1, 0.15) is 0 Å². The lowest BCUT2D eigenvalue weighted by atomic mass is 9.92. The van der Waals surface area contributed by atoms with Gasteiger partial charge in [-0.1, -0.05) is 24.3 Å². The number of hydrogen-bond acceptors (Lipinski definition) is 3. The van der Waals surface area contributed by atoms with E-state index in [9.17, 15) is 53.5 Å². The van der Waals surface area contributed by atoms with Crippen LogP contribution in [-0.2, 0) is 16.6 Å². The van der Waals surface area contributed by atoms with Gasteiger partial charge in [-0.15, -0.1) is 0 Å². The summed E-state index contributed by atoms with van der Waals surface area (Å²) in [6.45, 7) is -0.366. The molecule has 0 bridgehead atoms. The topological polar surface area (TPSA) is 58.6 Å².